The Labute approximate surface area is 122 Å². The number of thiazole rings is 1. The van der Waals surface area contributed by atoms with E-state index in [1.807, 2.05) is 0 Å². The number of anilines is 1. The fourth-order valence-electron chi connectivity index (χ4n) is 1.49. The third kappa shape index (κ3) is 3.30. The molecule has 0 spiro atoms. The highest BCUT2D eigenvalue weighted by molar-refractivity contribution is 7.09. The van der Waals surface area contributed by atoms with Crippen molar-refractivity contribution in [1.29, 1.82) is 0 Å². The van der Waals surface area contributed by atoms with Gasteiger partial charge in [0.05, 0.1) is 15.7 Å². The van der Waals surface area contributed by atoms with Gasteiger partial charge >= 0.3 is 0 Å². The van der Waals surface area contributed by atoms with E-state index < -0.39 is 17.5 Å². The van der Waals surface area contributed by atoms with E-state index in [0.29, 0.717) is 24.0 Å². The topological polar surface area (TPSA) is 68.0 Å². The lowest BCUT2D eigenvalue weighted by molar-refractivity contribution is 0.102. The van der Waals surface area contributed by atoms with E-state index in [1.165, 1.54) is 16.7 Å². The maximum Gasteiger partial charge on any atom is 0.275 e. The van der Waals surface area contributed by atoms with Gasteiger partial charge in [-0.25, -0.2) is 13.8 Å². The number of hydrogen-bond acceptors (Lipinski definition) is 4. The number of benzene rings is 1. The predicted octanol–water partition coefficient (Wildman–Crippen LogP) is 2.83. The Hall–Kier alpha value is -1.57. The summed E-state index contributed by atoms with van der Waals surface area (Å²) in [4.78, 5) is 16.0. The molecule has 0 aliphatic heterocycles. The molecular formula is C12H10ClF2N3OS. The Bertz CT molecular complexity index is 624. The summed E-state index contributed by atoms with van der Waals surface area (Å²) in [5.41, 5.74) is 5.25. The quantitative estimate of drug-likeness (QED) is 0.911. The molecule has 106 valence electrons. The van der Waals surface area contributed by atoms with Crippen LogP contribution in [0.2, 0.25) is 5.02 Å². The van der Waals surface area contributed by atoms with Crippen molar-refractivity contribution in [2.75, 3.05) is 11.9 Å². The maximum absolute atomic E-state index is 13.5. The minimum Gasteiger partial charge on any atom is -0.330 e. The van der Waals surface area contributed by atoms with Crippen molar-refractivity contribution < 1.29 is 13.6 Å². The zero-order valence-electron chi connectivity index (χ0n) is 10.1. The minimum atomic E-state index is -0.944. The second-order valence-corrected chi connectivity index (χ2v) is 5.21. The van der Waals surface area contributed by atoms with Crippen molar-refractivity contribution in [1.82, 2.24) is 4.98 Å². The van der Waals surface area contributed by atoms with Crippen molar-refractivity contribution in [2.24, 2.45) is 5.73 Å². The Kier molecular flexibility index (Phi) is 4.64. The van der Waals surface area contributed by atoms with Gasteiger partial charge in [0, 0.05) is 17.9 Å². The van der Waals surface area contributed by atoms with Crippen LogP contribution in [0, 0.1) is 11.6 Å². The van der Waals surface area contributed by atoms with Crippen LogP contribution in [-0.2, 0) is 6.42 Å². The molecule has 1 heterocycles. The van der Waals surface area contributed by atoms with Gasteiger partial charge < -0.3 is 11.1 Å². The normalized spacial score (nSPS) is 10.6. The van der Waals surface area contributed by atoms with Crippen LogP contribution in [0.5, 0.6) is 0 Å². The molecule has 0 radical (unpaired) electrons. The summed E-state index contributed by atoms with van der Waals surface area (Å²) in [5.74, 6) is -2.37. The molecule has 0 unspecified atom stereocenters. The van der Waals surface area contributed by atoms with Gasteiger partial charge in [-0.1, -0.05) is 11.6 Å². The van der Waals surface area contributed by atoms with E-state index in [-0.39, 0.29) is 16.4 Å². The van der Waals surface area contributed by atoms with E-state index in [4.69, 9.17) is 17.3 Å². The molecule has 0 fully saturated rings. The number of amides is 1. The number of aromatic nitrogens is 1. The summed E-state index contributed by atoms with van der Waals surface area (Å²) in [5, 5.41) is 4.31. The number of nitrogens with two attached hydrogens (primary N) is 1. The average Bonchev–Trinajstić information content (AvgIpc) is 2.82. The summed E-state index contributed by atoms with van der Waals surface area (Å²) in [6, 6.07) is 1.56. The summed E-state index contributed by atoms with van der Waals surface area (Å²) in [7, 11) is 0. The van der Waals surface area contributed by atoms with Gasteiger partial charge in [0.1, 0.15) is 11.5 Å². The third-order valence-electron chi connectivity index (χ3n) is 2.39. The molecule has 0 saturated carbocycles. The number of carbonyl (C=O) groups is 1. The molecule has 1 aromatic heterocycles. The van der Waals surface area contributed by atoms with Crippen LogP contribution >= 0.6 is 22.9 Å². The molecule has 8 heteroatoms. The van der Waals surface area contributed by atoms with Gasteiger partial charge in [-0.05, 0) is 12.6 Å². The molecule has 2 rings (SSSR count). The van der Waals surface area contributed by atoms with Crippen LogP contribution in [0.4, 0.5) is 14.5 Å². The first-order valence-electron chi connectivity index (χ1n) is 5.61. The lowest BCUT2D eigenvalue weighted by Gasteiger charge is -2.07. The van der Waals surface area contributed by atoms with E-state index in [1.54, 1.807) is 0 Å². The fourth-order valence-corrected chi connectivity index (χ4v) is 2.53. The van der Waals surface area contributed by atoms with Crippen molar-refractivity contribution >= 4 is 34.5 Å². The van der Waals surface area contributed by atoms with Crippen molar-refractivity contribution in [2.45, 2.75) is 6.42 Å². The summed E-state index contributed by atoms with van der Waals surface area (Å²) < 4.78 is 26.4. The third-order valence-corrected chi connectivity index (χ3v) is 3.59. The fraction of sp³-hybridized carbons (Fsp3) is 0.167. The SMILES string of the molecule is NCCc1nc(C(=O)Nc2c(F)cc(F)cc2Cl)cs1. The van der Waals surface area contributed by atoms with E-state index in [2.05, 4.69) is 10.3 Å². The van der Waals surface area contributed by atoms with Gasteiger partial charge in [0.15, 0.2) is 5.82 Å². The number of carbonyl (C=O) groups excluding carboxylic acids is 1. The van der Waals surface area contributed by atoms with Gasteiger partial charge in [0.2, 0.25) is 0 Å². The highest BCUT2D eigenvalue weighted by Crippen LogP contribution is 2.27. The maximum atomic E-state index is 13.5. The Balaban J connectivity index is 2.19. The van der Waals surface area contributed by atoms with Crippen LogP contribution in [0.15, 0.2) is 17.5 Å². The van der Waals surface area contributed by atoms with Crippen LogP contribution in [0.1, 0.15) is 15.5 Å². The van der Waals surface area contributed by atoms with Crippen LogP contribution < -0.4 is 11.1 Å². The minimum absolute atomic E-state index is 0.137. The molecule has 0 bridgehead atoms. The lowest BCUT2D eigenvalue weighted by atomic mass is 10.3. The van der Waals surface area contributed by atoms with Gasteiger partial charge in [-0.3, -0.25) is 4.79 Å². The van der Waals surface area contributed by atoms with E-state index in [0.717, 1.165) is 6.07 Å². The van der Waals surface area contributed by atoms with Gasteiger partial charge in [-0.2, -0.15) is 0 Å². The number of nitrogens with one attached hydrogen (secondary N) is 1. The molecule has 0 aliphatic carbocycles. The first kappa shape index (κ1) is 14.8. The Morgan fingerprint density at radius 3 is 2.85 bits per heavy atom. The first-order valence-corrected chi connectivity index (χ1v) is 6.87. The number of halogens is 3. The van der Waals surface area contributed by atoms with Crippen LogP contribution in [0.25, 0.3) is 0 Å². The van der Waals surface area contributed by atoms with Gasteiger partial charge in [-0.15, -0.1) is 11.3 Å². The Morgan fingerprint density at radius 2 is 2.20 bits per heavy atom. The molecular weight excluding hydrogens is 308 g/mol. The summed E-state index contributed by atoms with van der Waals surface area (Å²) in [6.07, 6.45) is 0.559. The second-order valence-electron chi connectivity index (χ2n) is 3.86. The standard InChI is InChI=1S/C12H10ClF2N3OS/c13-7-3-6(14)4-8(15)11(7)18-12(19)9-5-20-10(17-9)1-2-16/h3-5H,1-2,16H2,(H,18,19). The number of nitrogens with zero attached hydrogens (tertiary/aromatic N) is 1. The van der Waals surface area contributed by atoms with Crippen LogP contribution in [-0.4, -0.2) is 17.4 Å². The molecule has 1 aromatic carbocycles. The molecule has 4 nitrogen and oxygen atoms in total. The average molecular weight is 318 g/mol. The predicted molar refractivity (Wildman–Crippen MR) is 74.2 cm³/mol. The summed E-state index contributed by atoms with van der Waals surface area (Å²) >= 11 is 6.98. The molecule has 1 amide bonds. The molecule has 2 aromatic rings. The number of hydrogen-bond donors (Lipinski definition) is 2. The van der Waals surface area contributed by atoms with E-state index in [9.17, 15) is 13.6 Å². The van der Waals surface area contributed by atoms with Crippen molar-refractivity contribution in [3.8, 4) is 0 Å². The smallest absolute Gasteiger partial charge is 0.275 e. The monoisotopic (exact) mass is 317 g/mol. The number of rotatable bonds is 4. The molecule has 0 aliphatic rings. The second kappa shape index (κ2) is 6.25. The van der Waals surface area contributed by atoms with Gasteiger partial charge in [0.25, 0.3) is 5.91 Å². The summed E-state index contributed by atoms with van der Waals surface area (Å²) in [6.45, 7) is 0.424. The Morgan fingerprint density at radius 1 is 1.45 bits per heavy atom. The largest absolute Gasteiger partial charge is 0.330 e. The molecule has 3 N–H and O–H groups in total. The highest BCUT2D eigenvalue weighted by atomic mass is 35.5. The lowest BCUT2D eigenvalue weighted by Crippen LogP contribution is -2.14. The van der Waals surface area contributed by atoms with E-state index >= 15 is 0 Å². The van der Waals surface area contributed by atoms with Crippen LogP contribution in [0.3, 0.4) is 0 Å². The molecule has 0 atom stereocenters. The highest BCUT2D eigenvalue weighted by Gasteiger charge is 2.16. The van der Waals surface area contributed by atoms with Crippen molar-refractivity contribution in [3.63, 3.8) is 0 Å². The first-order chi connectivity index (χ1) is 9.51. The molecule has 0 saturated heterocycles. The zero-order valence-corrected chi connectivity index (χ0v) is 11.7. The molecule has 20 heavy (non-hydrogen) atoms. The van der Waals surface area contributed by atoms with Crippen molar-refractivity contribution in [3.05, 3.63) is 44.9 Å². The zero-order chi connectivity index (χ0) is 14.7.